The topological polar surface area (TPSA) is 29.1 Å². The van der Waals surface area contributed by atoms with Crippen LogP contribution in [0, 0.1) is 5.82 Å². The fourth-order valence-electron chi connectivity index (χ4n) is 1.09. The first kappa shape index (κ1) is 11.9. The fourth-order valence-corrected chi connectivity index (χ4v) is 1.58. The van der Waals surface area contributed by atoms with Crippen LogP contribution >= 0.6 is 15.9 Å². The van der Waals surface area contributed by atoms with Gasteiger partial charge in [-0.25, -0.2) is 4.39 Å². The Hall–Kier alpha value is -1.16. The maximum absolute atomic E-state index is 12.7. The van der Waals surface area contributed by atoms with Crippen molar-refractivity contribution in [3.8, 4) is 0 Å². The van der Waals surface area contributed by atoms with E-state index in [2.05, 4.69) is 27.8 Å². The molecule has 0 fully saturated rings. The first-order chi connectivity index (χ1) is 7.13. The van der Waals surface area contributed by atoms with Crippen LogP contribution < -0.4 is 5.32 Å². The van der Waals surface area contributed by atoms with Gasteiger partial charge >= 0.3 is 0 Å². The zero-order chi connectivity index (χ0) is 11.3. The van der Waals surface area contributed by atoms with E-state index in [9.17, 15) is 9.18 Å². The largest absolute Gasteiger partial charge is 0.352 e. The SMILES string of the molecule is C=CCNC(=O)Cc1ccc(F)cc1Br. The molecule has 0 aromatic heterocycles. The maximum Gasteiger partial charge on any atom is 0.224 e. The lowest BCUT2D eigenvalue weighted by Crippen LogP contribution is -2.25. The molecule has 1 aromatic carbocycles. The Morgan fingerprint density at radius 1 is 1.60 bits per heavy atom. The average molecular weight is 272 g/mol. The minimum atomic E-state index is -0.322. The Labute approximate surface area is 96.3 Å². The molecule has 0 atom stereocenters. The molecule has 0 unspecified atom stereocenters. The summed E-state index contributed by atoms with van der Waals surface area (Å²) in [4.78, 5) is 11.3. The van der Waals surface area contributed by atoms with Crippen LogP contribution in [-0.2, 0) is 11.2 Å². The Morgan fingerprint density at radius 2 is 2.33 bits per heavy atom. The van der Waals surface area contributed by atoms with Crippen LogP contribution in [0.3, 0.4) is 0 Å². The number of carbonyl (C=O) groups excluding carboxylic acids is 1. The third kappa shape index (κ3) is 3.83. The van der Waals surface area contributed by atoms with Crippen molar-refractivity contribution in [2.24, 2.45) is 0 Å². The second-order valence-electron chi connectivity index (χ2n) is 3.01. The summed E-state index contributed by atoms with van der Waals surface area (Å²) >= 11 is 3.20. The molecule has 0 saturated heterocycles. The van der Waals surface area contributed by atoms with Gasteiger partial charge in [0.2, 0.25) is 5.91 Å². The average Bonchev–Trinajstić information content (AvgIpc) is 2.19. The van der Waals surface area contributed by atoms with E-state index in [1.165, 1.54) is 12.1 Å². The van der Waals surface area contributed by atoms with Gasteiger partial charge in [0, 0.05) is 11.0 Å². The molecule has 0 spiro atoms. The van der Waals surface area contributed by atoms with Gasteiger partial charge in [-0.1, -0.05) is 28.1 Å². The van der Waals surface area contributed by atoms with E-state index in [4.69, 9.17) is 0 Å². The molecule has 80 valence electrons. The molecule has 4 heteroatoms. The highest BCUT2D eigenvalue weighted by atomic mass is 79.9. The van der Waals surface area contributed by atoms with Crippen molar-refractivity contribution in [1.82, 2.24) is 5.32 Å². The van der Waals surface area contributed by atoms with Gasteiger partial charge in [-0.05, 0) is 17.7 Å². The van der Waals surface area contributed by atoms with E-state index >= 15 is 0 Å². The van der Waals surface area contributed by atoms with Gasteiger partial charge in [0.05, 0.1) is 6.42 Å². The quantitative estimate of drug-likeness (QED) is 0.838. The van der Waals surface area contributed by atoms with Crippen molar-refractivity contribution in [3.63, 3.8) is 0 Å². The number of amides is 1. The van der Waals surface area contributed by atoms with Crippen LogP contribution in [0.5, 0.6) is 0 Å². The predicted octanol–water partition coefficient (Wildman–Crippen LogP) is 2.43. The third-order valence-electron chi connectivity index (χ3n) is 1.81. The molecule has 0 bridgehead atoms. The molecule has 0 radical (unpaired) electrons. The highest BCUT2D eigenvalue weighted by molar-refractivity contribution is 9.10. The minimum Gasteiger partial charge on any atom is -0.352 e. The number of benzene rings is 1. The monoisotopic (exact) mass is 271 g/mol. The normalized spacial score (nSPS) is 9.73. The first-order valence-electron chi connectivity index (χ1n) is 4.45. The molecule has 15 heavy (non-hydrogen) atoms. The highest BCUT2D eigenvalue weighted by Gasteiger charge is 2.06. The summed E-state index contributed by atoms with van der Waals surface area (Å²) in [5, 5.41) is 2.65. The summed E-state index contributed by atoms with van der Waals surface area (Å²) in [6.45, 7) is 3.94. The van der Waals surface area contributed by atoms with Crippen LogP contribution in [0.2, 0.25) is 0 Å². The highest BCUT2D eigenvalue weighted by Crippen LogP contribution is 2.18. The van der Waals surface area contributed by atoms with Crippen LogP contribution in [0.25, 0.3) is 0 Å². The molecule has 1 aromatic rings. The predicted molar refractivity (Wildman–Crippen MR) is 61.0 cm³/mol. The molecule has 0 aliphatic heterocycles. The summed E-state index contributed by atoms with van der Waals surface area (Å²) < 4.78 is 13.4. The van der Waals surface area contributed by atoms with Gasteiger partial charge in [-0.15, -0.1) is 6.58 Å². The van der Waals surface area contributed by atoms with Crippen LogP contribution in [0.15, 0.2) is 35.3 Å². The first-order valence-corrected chi connectivity index (χ1v) is 5.24. The molecule has 1 amide bonds. The summed E-state index contributed by atoms with van der Waals surface area (Å²) in [6.07, 6.45) is 1.84. The number of hydrogen-bond donors (Lipinski definition) is 1. The standard InChI is InChI=1S/C11H11BrFNO/c1-2-5-14-11(15)6-8-3-4-9(13)7-10(8)12/h2-4,7H,1,5-6H2,(H,14,15). The zero-order valence-corrected chi connectivity index (χ0v) is 9.68. The van der Waals surface area contributed by atoms with Gasteiger partial charge in [0.1, 0.15) is 5.82 Å². The van der Waals surface area contributed by atoms with Crippen molar-refractivity contribution in [1.29, 1.82) is 0 Å². The van der Waals surface area contributed by atoms with Crippen LogP contribution in [0.1, 0.15) is 5.56 Å². The van der Waals surface area contributed by atoms with E-state index in [1.54, 1.807) is 12.1 Å². The number of nitrogens with one attached hydrogen (secondary N) is 1. The van der Waals surface area contributed by atoms with Gasteiger partial charge in [-0.2, -0.15) is 0 Å². The molecule has 1 rings (SSSR count). The van der Waals surface area contributed by atoms with Gasteiger partial charge in [0.25, 0.3) is 0 Å². The second-order valence-corrected chi connectivity index (χ2v) is 3.86. The summed E-state index contributed by atoms with van der Waals surface area (Å²) in [6, 6.07) is 4.27. The van der Waals surface area contributed by atoms with Crippen LogP contribution in [-0.4, -0.2) is 12.5 Å². The maximum atomic E-state index is 12.7. The molecular weight excluding hydrogens is 261 g/mol. The zero-order valence-electron chi connectivity index (χ0n) is 8.09. The Balaban J connectivity index is 2.64. The van der Waals surface area contributed by atoms with Crippen molar-refractivity contribution in [2.75, 3.05) is 6.54 Å². The van der Waals surface area contributed by atoms with E-state index < -0.39 is 0 Å². The molecule has 2 nitrogen and oxygen atoms in total. The van der Waals surface area contributed by atoms with Gasteiger partial charge in [0.15, 0.2) is 0 Å². The van der Waals surface area contributed by atoms with Crippen molar-refractivity contribution in [3.05, 3.63) is 46.7 Å². The lowest BCUT2D eigenvalue weighted by molar-refractivity contribution is -0.120. The molecule has 0 aliphatic carbocycles. The lowest BCUT2D eigenvalue weighted by atomic mass is 10.1. The third-order valence-corrected chi connectivity index (χ3v) is 2.55. The number of hydrogen-bond acceptors (Lipinski definition) is 1. The summed E-state index contributed by atoms with van der Waals surface area (Å²) in [5.41, 5.74) is 0.762. The van der Waals surface area contributed by atoms with E-state index in [0.29, 0.717) is 11.0 Å². The summed E-state index contributed by atoms with van der Waals surface area (Å²) in [7, 11) is 0. The Bertz CT molecular complexity index is 379. The molecule has 0 heterocycles. The van der Waals surface area contributed by atoms with Crippen molar-refractivity contribution < 1.29 is 9.18 Å². The second kappa shape index (κ2) is 5.66. The Kier molecular flexibility index (Phi) is 4.49. The number of halogens is 2. The molecule has 0 saturated carbocycles. The smallest absolute Gasteiger partial charge is 0.224 e. The van der Waals surface area contributed by atoms with E-state index in [1.807, 2.05) is 0 Å². The van der Waals surface area contributed by atoms with Gasteiger partial charge < -0.3 is 5.32 Å². The van der Waals surface area contributed by atoms with Crippen molar-refractivity contribution >= 4 is 21.8 Å². The number of rotatable bonds is 4. The van der Waals surface area contributed by atoms with E-state index in [-0.39, 0.29) is 18.1 Å². The van der Waals surface area contributed by atoms with E-state index in [0.717, 1.165) is 5.56 Å². The lowest BCUT2D eigenvalue weighted by Gasteiger charge is -2.04. The fraction of sp³-hybridized carbons (Fsp3) is 0.182. The van der Waals surface area contributed by atoms with Crippen LogP contribution in [0.4, 0.5) is 4.39 Å². The van der Waals surface area contributed by atoms with Gasteiger partial charge in [-0.3, -0.25) is 4.79 Å². The van der Waals surface area contributed by atoms with Crippen molar-refractivity contribution in [2.45, 2.75) is 6.42 Å². The number of carbonyl (C=O) groups is 1. The molecule has 1 N–H and O–H groups in total. The minimum absolute atomic E-state index is 0.109. The summed E-state index contributed by atoms with van der Waals surface area (Å²) in [5.74, 6) is -0.431. The molecular formula is C11H11BrFNO. The Morgan fingerprint density at radius 3 is 2.93 bits per heavy atom. The molecule has 0 aliphatic rings.